The van der Waals surface area contributed by atoms with Crippen molar-refractivity contribution in [3.63, 3.8) is 0 Å². The van der Waals surface area contributed by atoms with Crippen molar-refractivity contribution < 1.29 is 4.74 Å². The van der Waals surface area contributed by atoms with Gasteiger partial charge in [0.15, 0.2) is 0 Å². The molecule has 0 spiro atoms. The third-order valence-electron chi connectivity index (χ3n) is 3.44. The molecular weight excluding hydrogens is 270 g/mol. The largest absolute Gasteiger partial charge is 0.495 e. The Labute approximate surface area is 125 Å². The van der Waals surface area contributed by atoms with Crippen LogP contribution in [0.15, 0.2) is 36.4 Å². The highest BCUT2D eigenvalue weighted by molar-refractivity contribution is 6.32. The molecule has 1 N–H and O–H groups in total. The lowest BCUT2D eigenvalue weighted by molar-refractivity contribution is 0.415. The molecule has 0 bridgehead atoms. The van der Waals surface area contributed by atoms with E-state index < -0.39 is 0 Å². The predicted molar refractivity (Wildman–Crippen MR) is 86.0 cm³/mol. The van der Waals surface area contributed by atoms with Crippen molar-refractivity contribution >= 4 is 17.3 Å². The minimum Gasteiger partial charge on any atom is -0.495 e. The maximum atomic E-state index is 6.15. The van der Waals surface area contributed by atoms with Crippen LogP contribution >= 0.6 is 11.6 Å². The van der Waals surface area contributed by atoms with E-state index in [0.29, 0.717) is 10.8 Å². The minimum absolute atomic E-state index is 0.222. The van der Waals surface area contributed by atoms with Crippen LogP contribution in [-0.4, -0.2) is 7.11 Å². The zero-order valence-electron chi connectivity index (χ0n) is 12.3. The van der Waals surface area contributed by atoms with Crippen molar-refractivity contribution in [2.75, 3.05) is 12.4 Å². The number of methoxy groups -OCH3 is 1. The van der Waals surface area contributed by atoms with Crippen molar-refractivity contribution in [2.24, 2.45) is 0 Å². The lowest BCUT2D eigenvalue weighted by Gasteiger charge is -2.19. The topological polar surface area (TPSA) is 21.3 Å². The highest BCUT2D eigenvalue weighted by Crippen LogP contribution is 2.29. The summed E-state index contributed by atoms with van der Waals surface area (Å²) in [6.07, 6.45) is 0. The molecule has 0 fully saturated rings. The molecule has 2 rings (SSSR count). The molecule has 0 heterocycles. The molecule has 0 amide bonds. The van der Waals surface area contributed by atoms with E-state index in [4.69, 9.17) is 16.3 Å². The molecule has 0 saturated carbocycles. The lowest BCUT2D eigenvalue weighted by Crippen LogP contribution is -2.08. The Kier molecular flexibility index (Phi) is 4.56. The van der Waals surface area contributed by atoms with Gasteiger partial charge in [-0.15, -0.1) is 0 Å². The third-order valence-corrected chi connectivity index (χ3v) is 3.73. The van der Waals surface area contributed by atoms with Crippen LogP contribution in [-0.2, 0) is 0 Å². The molecule has 20 heavy (non-hydrogen) atoms. The molecule has 0 aliphatic rings. The SMILES string of the molecule is COc1ccc(NC(C)c2cc(C)ccc2C)cc1Cl. The van der Waals surface area contributed by atoms with Gasteiger partial charge in [0.2, 0.25) is 0 Å². The Morgan fingerprint density at radius 1 is 1.10 bits per heavy atom. The van der Waals surface area contributed by atoms with Crippen LogP contribution in [0.2, 0.25) is 5.02 Å². The Morgan fingerprint density at radius 3 is 2.50 bits per heavy atom. The quantitative estimate of drug-likeness (QED) is 0.841. The second kappa shape index (κ2) is 6.19. The van der Waals surface area contributed by atoms with Crippen molar-refractivity contribution in [1.82, 2.24) is 0 Å². The van der Waals surface area contributed by atoms with Gasteiger partial charge in [0, 0.05) is 11.7 Å². The number of rotatable bonds is 4. The van der Waals surface area contributed by atoms with Crippen molar-refractivity contribution in [2.45, 2.75) is 26.8 Å². The summed E-state index contributed by atoms with van der Waals surface area (Å²) in [7, 11) is 1.62. The third kappa shape index (κ3) is 3.26. The molecule has 0 aliphatic heterocycles. The van der Waals surface area contributed by atoms with E-state index >= 15 is 0 Å². The van der Waals surface area contributed by atoms with E-state index in [9.17, 15) is 0 Å². The zero-order chi connectivity index (χ0) is 14.7. The van der Waals surface area contributed by atoms with Gasteiger partial charge in [0.1, 0.15) is 5.75 Å². The first kappa shape index (κ1) is 14.7. The van der Waals surface area contributed by atoms with E-state index in [2.05, 4.69) is 44.3 Å². The number of halogens is 1. The van der Waals surface area contributed by atoms with Crippen molar-refractivity contribution in [3.8, 4) is 5.75 Å². The molecule has 1 atom stereocenters. The molecular formula is C17H20ClNO. The molecule has 1 unspecified atom stereocenters. The summed E-state index contributed by atoms with van der Waals surface area (Å²) in [6.45, 7) is 6.40. The molecule has 2 aromatic carbocycles. The summed E-state index contributed by atoms with van der Waals surface area (Å²) >= 11 is 6.15. The fourth-order valence-corrected chi connectivity index (χ4v) is 2.57. The minimum atomic E-state index is 0.222. The van der Waals surface area contributed by atoms with E-state index in [1.165, 1.54) is 16.7 Å². The summed E-state index contributed by atoms with van der Waals surface area (Å²) in [6, 6.07) is 12.5. The molecule has 0 radical (unpaired) electrons. The number of nitrogens with one attached hydrogen (secondary N) is 1. The normalized spacial score (nSPS) is 12.1. The van der Waals surface area contributed by atoms with Gasteiger partial charge in [-0.3, -0.25) is 0 Å². The molecule has 0 aromatic heterocycles. The smallest absolute Gasteiger partial charge is 0.137 e. The van der Waals surface area contributed by atoms with Crippen LogP contribution in [0.25, 0.3) is 0 Å². The maximum absolute atomic E-state index is 6.15. The van der Waals surface area contributed by atoms with E-state index in [0.717, 1.165) is 5.69 Å². The highest BCUT2D eigenvalue weighted by Gasteiger charge is 2.10. The van der Waals surface area contributed by atoms with Gasteiger partial charge >= 0.3 is 0 Å². The number of ether oxygens (including phenoxy) is 1. The molecule has 2 aromatic rings. The summed E-state index contributed by atoms with van der Waals surface area (Å²) in [5.41, 5.74) is 4.85. The summed E-state index contributed by atoms with van der Waals surface area (Å²) in [5.74, 6) is 0.691. The Morgan fingerprint density at radius 2 is 1.85 bits per heavy atom. The van der Waals surface area contributed by atoms with Gasteiger partial charge in [-0.25, -0.2) is 0 Å². The lowest BCUT2D eigenvalue weighted by atomic mass is 10.00. The summed E-state index contributed by atoms with van der Waals surface area (Å²) in [5, 5.41) is 4.09. The number of hydrogen-bond acceptors (Lipinski definition) is 2. The zero-order valence-corrected chi connectivity index (χ0v) is 13.1. The van der Waals surface area contributed by atoms with E-state index in [1.54, 1.807) is 7.11 Å². The summed E-state index contributed by atoms with van der Waals surface area (Å²) in [4.78, 5) is 0. The fraction of sp³-hybridized carbons (Fsp3) is 0.294. The van der Waals surface area contributed by atoms with Crippen LogP contribution in [0.3, 0.4) is 0 Å². The highest BCUT2D eigenvalue weighted by atomic mass is 35.5. The number of hydrogen-bond donors (Lipinski definition) is 1. The average Bonchev–Trinajstić information content (AvgIpc) is 2.41. The second-order valence-corrected chi connectivity index (χ2v) is 5.48. The van der Waals surface area contributed by atoms with Crippen molar-refractivity contribution in [3.05, 3.63) is 58.1 Å². The first-order chi connectivity index (χ1) is 9.51. The number of aryl methyl sites for hydroxylation is 2. The number of anilines is 1. The van der Waals surface area contributed by atoms with Crippen LogP contribution in [0.1, 0.15) is 29.7 Å². The van der Waals surface area contributed by atoms with Gasteiger partial charge in [0.25, 0.3) is 0 Å². The Hall–Kier alpha value is -1.67. The number of benzene rings is 2. The van der Waals surface area contributed by atoms with Gasteiger partial charge in [0.05, 0.1) is 12.1 Å². The average molecular weight is 290 g/mol. The first-order valence-electron chi connectivity index (χ1n) is 6.68. The first-order valence-corrected chi connectivity index (χ1v) is 7.06. The molecule has 0 saturated heterocycles. The fourth-order valence-electron chi connectivity index (χ4n) is 2.31. The summed E-state index contributed by atoms with van der Waals surface area (Å²) < 4.78 is 5.16. The van der Waals surface area contributed by atoms with Crippen LogP contribution in [0, 0.1) is 13.8 Å². The van der Waals surface area contributed by atoms with E-state index in [-0.39, 0.29) is 6.04 Å². The van der Waals surface area contributed by atoms with Gasteiger partial charge < -0.3 is 10.1 Å². The standard InChI is InChI=1S/C17H20ClNO/c1-11-5-6-12(2)15(9-11)13(3)19-14-7-8-17(20-4)16(18)10-14/h5-10,13,19H,1-4H3. The van der Waals surface area contributed by atoms with Gasteiger partial charge in [-0.05, 0) is 50.1 Å². The molecule has 2 nitrogen and oxygen atoms in total. The maximum Gasteiger partial charge on any atom is 0.137 e. The van der Waals surface area contributed by atoms with Gasteiger partial charge in [-0.1, -0.05) is 35.4 Å². The Bertz CT molecular complexity index is 610. The molecule has 106 valence electrons. The predicted octanol–water partition coefficient (Wildman–Crippen LogP) is 5.14. The van der Waals surface area contributed by atoms with Gasteiger partial charge in [-0.2, -0.15) is 0 Å². The molecule has 3 heteroatoms. The van der Waals surface area contributed by atoms with E-state index in [1.807, 2.05) is 18.2 Å². The molecule has 0 aliphatic carbocycles. The second-order valence-electron chi connectivity index (χ2n) is 5.08. The Balaban J connectivity index is 2.21. The van der Waals surface area contributed by atoms with Crippen LogP contribution in [0.5, 0.6) is 5.75 Å². The monoisotopic (exact) mass is 289 g/mol. The van der Waals surface area contributed by atoms with Crippen molar-refractivity contribution in [1.29, 1.82) is 0 Å². The van der Waals surface area contributed by atoms with Crippen LogP contribution < -0.4 is 10.1 Å². The van der Waals surface area contributed by atoms with Crippen LogP contribution in [0.4, 0.5) is 5.69 Å².